The Morgan fingerprint density at radius 1 is 1.58 bits per heavy atom. The van der Waals surface area contributed by atoms with E-state index in [9.17, 15) is 4.79 Å². The third-order valence-electron chi connectivity index (χ3n) is 3.59. The van der Waals surface area contributed by atoms with Gasteiger partial charge in [0, 0.05) is 4.47 Å². The van der Waals surface area contributed by atoms with Crippen LogP contribution in [0.4, 0.5) is 5.69 Å². The van der Waals surface area contributed by atoms with Crippen LogP contribution >= 0.6 is 27.5 Å². The molecule has 2 N–H and O–H groups in total. The zero-order chi connectivity index (χ0) is 13.8. The zero-order valence-electron chi connectivity index (χ0n) is 10.9. The molecule has 1 aromatic rings. The molecule has 0 spiro atoms. The number of carbonyl (C=O) groups excluding carboxylic acids is 1. The standard InChI is InChI=1S/C14H18BrClN2O/c1-2-9-5-6-17-13(7-9)14(19)18-12-8-10(15)3-4-11(12)16/h3-4,8-9,13,17H,2,5-7H2,1H3,(H,18,19). The molecule has 2 rings (SSSR count). The van der Waals surface area contributed by atoms with Crippen molar-refractivity contribution in [2.45, 2.75) is 32.2 Å². The third-order valence-corrected chi connectivity index (χ3v) is 4.42. The van der Waals surface area contributed by atoms with Crippen LogP contribution in [0.25, 0.3) is 0 Å². The molecule has 0 saturated carbocycles. The highest BCUT2D eigenvalue weighted by Gasteiger charge is 2.26. The second-order valence-electron chi connectivity index (χ2n) is 4.92. The van der Waals surface area contributed by atoms with Crippen molar-refractivity contribution >= 4 is 39.1 Å². The predicted octanol–water partition coefficient (Wildman–Crippen LogP) is 3.82. The van der Waals surface area contributed by atoms with E-state index in [1.165, 1.54) is 0 Å². The highest BCUT2D eigenvalue weighted by atomic mass is 79.9. The number of nitrogens with one attached hydrogen (secondary N) is 2. The molecule has 0 aromatic heterocycles. The minimum atomic E-state index is -0.117. The average molecular weight is 346 g/mol. The summed E-state index contributed by atoms with van der Waals surface area (Å²) in [4.78, 5) is 12.2. The second kappa shape index (κ2) is 6.73. The predicted molar refractivity (Wildman–Crippen MR) is 82.6 cm³/mol. The molecule has 0 bridgehead atoms. The maximum absolute atomic E-state index is 12.2. The minimum Gasteiger partial charge on any atom is -0.323 e. The summed E-state index contributed by atoms with van der Waals surface area (Å²) in [6.07, 6.45) is 3.18. The number of amides is 1. The van der Waals surface area contributed by atoms with Crippen molar-refractivity contribution in [3.63, 3.8) is 0 Å². The number of benzene rings is 1. The maximum atomic E-state index is 12.2. The molecule has 1 heterocycles. The van der Waals surface area contributed by atoms with E-state index < -0.39 is 0 Å². The maximum Gasteiger partial charge on any atom is 0.241 e. The van der Waals surface area contributed by atoms with Gasteiger partial charge in [-0.15, -0.1) is 0 Å². The van der Waals surface area contributed by atoms with Crippen LogP contribution in [-0.4, -0.2) is 18.5 Å². The van der Waals surface area contributed by atoms with Crippen molar-refractivity contribution in [3.8, 4) is 0 Å². The molecule has 19 heavy (non-hydrogen) atoms. The van der Waals surface area contributed by atoms with Gasteiger partial charge in [-0.25, -0.2) is 0 Å². The molecule has 2 atom stereocenters. The fourth-order valence-electron chi connectivity index (χ4n) is 2.38. The summed E-state index contributed by atoms with van der Waals surface area (Å²) < 4.78 is 0.898. The van der Waals surface area contributed by atoms with Gasteiger partial charge in [0.2, 0.25) is 5.91 Å². The van der Waals surface area contributed by atoms with Gasteiger partial charge in [-0.05, 0) is 43.5 Å². The molecule has 0 radical (unpaired) electrons. The molecular formula is C14H18BrClN2O. The lowest BCUT2D eigenvalue weighted by molar-refractivity contribution is -0.119. The van der Waals surface area contributed by atoms with Gasteiger partial charge in [-0.2, -0.15) is 0 Å². The average Bonchev–Trinajstić information content (AvgIpc) is 2.43. The van der Waals surface area contributed by atoms with Crippen molar-refractivity contribution in [3.05, 3.63) is 27.7 Å². The van der Waals surface area contributed by atoms with Gasteiger partial charge >= 0.3 is 0 Å². The molecule has 3 nitrogen and oxygen atoms in total. The van der Waals surface area contributed by atoms with E-state index >= 15 is 0 Å². The Balaban J connectivity index is 2.02. The molecule has 104 valence electrons. The van der Waals surface area contributed by atoms with Crippen molar-refractivity contribution in [1.29, 1.82) is 0 Å². The topological polar surface area (TPSA) is 41.1 Å². The Bertz CT molecular complexity index is 467. The van der Waals surface area contributed by atoms with Gasteiger partial charge in [0.25, 0.3) is 0 Å². The van der Waals surface area contributed by atoms with Gasteiger partial charge in [0.1, 0.15) is 0 Å². The Kier molecular flexibility index (Phi) is 5.25. The first kappa shape index (κ1) is 14.8. The van der Waals surface area contributed by atoms with Crippen LogP contribution in [0.5, 0.6) is 0 Å². The summed E-state index contributed by atoms with van der Waals surface area (Å²) in [6, 6.07) is 5.32. The largest absolute Gasteiger partial charge is 0.323 e. The molecule has 0 aliphatic carbocycles. The monoisotopic (exact) mass is 344 g/mol. The number of halogens is 2. The summed E-state index contributed by atoms with van der Waals surface area (Å²) in [5, 5.41) is 6.73. The molecule has 5 heteroatoms. The summed E-state index contributed by atoms with van der Waals surface area (Å²) in [5.74, 6) is 0.633. The highest BCUT2D eigenvalue weighted by Crippen LogP contribution is 2.27. The van der Waals surface area contributed by atoms with E-state index in [-0.39, 0.29) is 11.9 Å². The summed E-state index contributed by atoms with van der Waals surface area (Å²) in [5.41, 5.74) is 0.654. The smallest absolute Gasteiger partial charge is 0.241 e. The fraction of sp³-hybridized carbons (Fsp3) is 0.500. The number of hydrogen-bond acceptors (Lipinski definition) is 2. The molecule has 1 aromatic carbocycles. The molecule has 1 fully saturated rings. The fourth-order valence-corrected chi connectivity index (χ4v) is 2.91. The normalized spacial score (nSPS) is 23.1. The van der Waals surface area contributed by atoms with Crippen LogP contribution in [0.1, 0.15) is 26.2 Å². The number of anilines is 1. The van der Waals surface area contributed by atoms with Crippen LogP contribution < -0.4 is 10.6 Å². The lowest BCUT2D eigenvalue weighted by Crippen LogP contribution is -2.46. The Hall–Kier alpha value is -0.580. The first-order chi connectivity index (χ1) is 9.10. The SMILES string of the molecule is CCC1CCNC(C(=O)Nc2cc(Br)ccc2Cl)C1. The number of hydrogen-bond donors (Lipinski definition) is 2. The quantitative estimate of drug-likeness (QED) is 0.874. The number of rotatable bonds is 3. The molecule has 1 saturated heterocycles. The Morgan fingerprint density at radius 2 is 2.37 bits per heavy atom. The Morgan fingerprint density at radius 3 is 3.11 bits per heavy atom. The molecule has 1 aliphatic heterocycles. The van der Waals surface area contributed by atoms with E-state index in [0.717, 1.165) is 30.3 Å². The minimum absolute atomic E-state index is 0.00171. The molecule has 2 unspecified atom stereocenters. The highest BCUT2D eigenvalue weighted by molar-refractivity contribution is 9.10. The van der Waals surface area contributed by atoms with E-state index in [1.54, 1.807) is 6.07 Å². The molecular weight excluding hydrogens is 328 g/mol. The third kappa shape index (κ3) is 3.94. The lowest BCUT2D eigenvalue weighted by atomic mass is 9.90. The van der Waals surface area contributed by atoms with Crippen LogP contribution in [0, 0.1) is 5.92 Å². The van der Waals surface area contributed by atoms with E-state index in [1.807, 2.05) is 12.1 Å². The summed E-state index contributed by atoms with van der Waals surface area (Å²) in [7, 11) is 0. The lowest BCUT2D eigenvalue weighted by Gasteiger charge is -2.28. The molecule has 1 amide bonds. The van der Waals surface area contributed by atoms with E-state index in [2.05, 4.69) is 33.5 Å². The summed E-state index contributed by atoms with van der Waals surface area (Å²) in [6.45, 7) is 3.08. The van der Waals surface area contributed by atoms with Gasteiger partial charge in [0.05, 0.1) is 16.8 Å². The Labute approximate surface area is 127 Å². The van der Waals surface area contributed by atoms with Crippen molar-refractivity contribution in [1.82, 2.24) is 5.32 Å². The van der Waals surface area contributed by atoms with Crippen LogP contribution in [0.2, 0.25) is 5.02 Å². The number of carbonyl (C=O) groups is 1. The van der Waals surface area contributed by atoms with Crippen molar-refractivity contribution < 1.29 is 4.79 Å². The summed E-state index contributed by atoms with van der Waals surface area (Å²) >= 11 is 9.46. The second-order valence-corrected chi connectivity index (χ2v) is 6.24. The van der Waals surface area contributed by atoms with Gasteiger partial charge in [-0.1, -0.05) is 40.9 Å². The molecule has 1 aliphatic rings. The van der Waals surface area contributed by atoms with Crippen molar-refractivity contribution in [2.24, 2.45) is 5.92 Å². The van der Waals surface area contributed by atoms with Crippen LogP contribution in [0.15, 0.2) is 22.7 Å². The van der Waals surface area contributed by atoms with Gasteiger partial charge < -0.3 is 10.6 Å². The van der Waals surface area contributed by atoms with Gasteiger partial charge in [-0.3, -0.25) is 4.79 Å². The van der Waals surface area contributed by atoms with Crippen LogP contribution in [-0.2, 0) is 4.79 Å². The zero-order valence-corrected chi connectivity index (χ0v) is 13.2. The van der Waals surface area contributed by atoms with Crippen molar-refractivity contribution in [2.75, 3.05) is 11.9 Å². The van der Waals surface area contributed by atoms with Gasteiger partial charge in [0.15, 0.2) is 0 Å². The first-order valence-corrected chi connectivity index (χ1v) is 7.76. The first-order valence-electron chi connectivity index (χ1n) is 6.59. The number of piperidine rings is 1. The van der Waals surface area contributed by atoms with Crippen LogP contribution in [0.3, 0.4) is 0 Å². The van der Waals surface area contributed by atoms with E-state index in [0.29, 0.717) is 16.6 Å². The van der Waals surface area contributed by atoms with E-state index in [4.69, 9.17) is 11.6 Å².